The van der Waals surface area contributed by atoms with E-state index in [-0.39, 0.29) is 6.61 Å². The van der Waals surface area contributed by atoms with Crippen molar-refractivity contribution in [1.82, 2.24) is 0 Å². The van der Waals surface area contributed by atoms with Crippen molar-refractivity contribution >= 4 is 25.3 Å². The predicted molar refractivity (Wildman–Crippen MR) is 37.8 cm³/mol. The SMILES string of the molecule is OCC#CC(O)(S)S. The van der Waals surface area contributed by atoms with E-state index in [2.05, 4.69) is 37.1 Å². The molecule has 0 aromatic heterocycles. The van der Waals surface area contributed by atoms with E-state index in [9.17, 15) is 0 Å². The second-order valence-electron chi connectivity index (χ2n) is 1.10. The normalized spacial score (nSPS) is 10.0. The van der Waals surface area contributed by atoms with Crippen molar-refractivity contribution in [2.24, 2.45) is 0 Å². The number of hydrogen-bond acceptors (Lipinski definition) is 4. The Balaban J connectivity index is 3.69. The first-order chi connectivity index (χ1) is 3.56. The van der Waals surface area contributed by atoms with Crippen molar-refractivity contribution < 1.29 is 10.2 Å². The lowest BCUT2D eigenvalue weighted by Crippen LogP contribution is -2.06. The third-order valence-electron chi connectivity index (χ3n) is 0.335. The van der Waals surface area contributed by atoms with Crippen LogP contribution in [0.5, 0.6) is 0 Å². The largest absolute Gasteiger partial charge is 0.384 e. The monoisotopic (exact) mass is 150 g/mol. The summed E-state index contributed by atoms with van der Waals surface area (Å²) in [5.74, 6) is 4.35. The molecule has 0 spiro atoms. The first-order valence-corrected chi connectivity index (χ1v) is 2.74. The van der Waals surface area contributed by atoms with Crippen molar-refractivity contribution in [2.75, 3.05) is 6.61 Å². The fraction of sp³-hybridized carbons (Fsp3) is 0.500. The molecule has 0 atom stereocenters. The molecule has 0 aromatic rings. The standard InChI is InChI=1S/C4H6O2S2/c5-3-1-2-4(6,7)8/h5-8H,3H2. The van der Waals surface area contributed by atoms with Crippen LogP contribution in [0.15, 0.2) is 0 Å². The Labute approximate surface area is 58.7 Å². The number of aliphatic hydroxyl groups excluding tert-OH is 1. The van der Waals surface area contributed by atoms with Crippen LogP contribution in [0.25, 0.3) is 0 Å². The minimum absolute atomic E-state index is 0.288. The molecule has 2 nitrogen and oxygen atoms in total. The fourth-order valence-corrected chi connectivity index (χ4v) is 0.316. The fourth-order valence-electron chi connectivity index (χ4n) is 0.158. The number of rotatable bonds is 0. The van der Waals surface area contributed by atoms with Gasteiger partial charge in [-0.05, 0) is 5.92 Å². The second-order valence-corrected chi connectivity index (χ2v) is 2.74. The van der Waals surface area contributed by atoms with Gasteiger partial charge in [-0.15, -0.1) is 25.3 Å². The van der Waals surface area contributed by atoms with Gasteiger partial charge in [-0.3, -0.25) is 0 Å². The van der Waals surface area contributed by atoms with Crippen molar-refractivity contribution in [2.45, 2.75) is 4.27 Å². The van der Waals surface area contributed by atoms with Crippen LogP contribution in [-0.4, -0.2) is 21.1 Å². The molecular weight excluding hydrogens is 144 g/mol. The van der Waals surface area contributed by atoms with Gasteiger partial charge in [0.1, 0.15) is 6.61 Å². The summed E-state index contributed by atoms with van der Waals surface area (Å²) < 4.78 is -1.58. The lowest BCUT2D eigenvalue weighted by atomic mass is 10.6. The maximum Gasteiger partial charge on any atom is 0.215 e. The van der Waals surface area contributed by atoms with Gasteiger partial charge in [-0.2, -0.15) is 0 Å². The second kappa shape index (κ2) is 3.25. The zero-order chi connectivity index (χ0) is 6.62. The van der Waals surface area contributed by atoms with Crippen LogP contribution >= 0.6 is 25.3 Å². The van der Waals surface area contributed by atoms with Crippen molar-refractivity contribution in [3.8, 4) is 11.8 Å². The highest BCUT2D eigenvalue weighted by atomic mass is 32.2. The molecule has 0 aromatic carbocycles. The van der Waals surface area contributed by atoms with Gasteiger partial charge in [0.15, 0.2) is 0 Å². The molecule has 0 saturated carbocycles. The van der Waals surface area contributed by atoms with Crippen molar-refractivity contribution in [3.05, 3.63) is 0 Å². The summed E-state index contributed by atoms with van der Waals surface area (Å²) in [4.78, 5) is 0. The summed E-state index contributed by atoms with van der Waals surface area (Å²) in [5, 5.41) is 16.7. The lowest BCUT2D eigenvalue weighted by Gasteiger charge is -2.02. The van der Waals surface area contributed by atoms with E-state index in [1.807, 2.05) is 0 Å². The van der Waals surface area contributed by atoms with Gasteiger partial charge in [-0.25, -0.2) is 0 Å². The number of thiol groups is 2. The first kappa shape index (κ1) is 8.18. The summed E-state index contributed by atoms with van der Waals surface area (Å²) >= 11 is 7.05. The van der Waals surface area contributed by atoms with E-state index in [0.717, 1.165) is 0 Å². The summed E-state index contributed by atoms with van der Waals surface area (Å²) in [6.07, 6.45) is 0. The van der Waals surface area contributed by atoms with E-state index in [0.29, 0.717) is 0 Å². The van der Waals surface area contributed by atoms with Crippen LogP contribution in [0.4, 0.5) is 0 Å². The third-order valence-corrected chi connectivity index (χ3v) is 0.559. The first-order valence-electron chi connectivity index (χ1n) is 1.84. The Bertz CT molecular complexity index is 116. The molecule has 4 heteroatoms. The highest BCUT2D eigenvalue weighted by molar-refractivity contribution is 8.00. The minimum atomic E-state index is -1.58. The summed E-state index contributed by atoms with van der Waals surface area (Å²) in [5.41, 5.74) is 0. The Kier molecular flexibility index (Phi) is 3.33. The molecule has 0 saturated heterocycles. The van der Waals surface area contributed by atoms with Gasteiger partial charge in [0, 0.05) is 0 Å². The molecule has 0 aliphatic rings. The summed E-state index contributed by atoms with van der Waals surface area (Å²) in [7, 11) is 0. The van der Waals surface area contributed by atoms with Gasteiger partial charge in [0.2, 0.25) is 4.27 Å². The Morgan fingerprint density at radius 3 is 2.12 bits per heavy atom. The van der Waals surface area contributed by atoms with Crippen LogP contribution in [-0.2, 0) is 0 Å². The van der Waals surface area contributed by atoms with Crippen LogP contribution in [0.1, 0.15) is 0 Å². The number of hydrogen-bond donors (Lipinski definition) is 4. The minimum Gasteiger partial charge on any atom is -0.384 e. The number of aliphatic hydroxyl groups is 2. The third kappa shape index (κ3) is 6.18. The maximum atomic E-state index is 8.59. The molecule has 2 N–H and O–H groups in total. The van der Waals surface area contributed by atoms with Crippen LogP contribution in [0, 0.1) is 11.8 Å². The van der Waals surface area contributed by atoms with E-state index in [1.54, 1.807) is 0 Å². The summed E-state index contributed by atoms with van der Waals surface area (Å²) in [6, 6.07) is 0. The molecule has 8 heavy (non-hydrogen) atoms. The quantitative estimate of drug-likeness (QED) is 0.213. The van der Waals surface area contributed by atoms with Gasteiger partial charge in [-0.1, -0.05) is 5.92 Å². The highest BCUT2D eigenvalue weighted by Crippen LogP contribution is 2.11. The molecule has 0 amide bonds. The van der Waals surface area contributed by atoms with Gasteiger partial charge in [0.25, 0.3) is 0 Å². The lowest BCUT2D eigenvalue weighted by molar-refractivity contribution is 0.291. The van der Waals surface area contributed by atoms with Crippen LogP contribution < -0.4 is 0 Å². The molecule has 0 fully saturated rings. The molecule has 46 valence electrons. The molecule has 0 aliphatic heterocycles. The van der Waals surface area contributed by atoms with Crippen LogP contribution in [0.3, 0.4) is 0 Å². The highest BCUT2D eigenvalue weighted by Gasteiger charge is 2.07. The average Bonchev–Trinajstić information content (AvgIpc) is 1.59. The van der Waals surface area contributed by atoms with Crippen molar-refractivity contribution in [1.29, 1.82) is 0 Å². The smallest absolute Gasteiger partial charge is 0.215 e. The molecule has 0 bridgehead atoms. The van der Waals surface area contributed by atoms with E-state index in [1.165, 1.54) is 0 Å². The Morgan fingerprint density at radius 1 is 1.50 bits per heavy atom. The molecular formula is C4H6O2S2. The molecule has 0 aliphatic carbocycles. The predicted octanol–water partition coefficient (Wildman–Crippen LogP) is -0.512. The van der Waals surface area contributed by atoms with Gasteiger partial charge in [0.05, 0.1) is 0 Å². The molecule has 0 rings (SSSR count). The van der Waals surface area contributed by atoms with Gasteiger partial charge >= 0.3 is 0 Å². The Hall–Kier alpha value is 0.180. The van der Waals surface area contributed by atoms with Crippen molar-refractivity contribution in [3.63, 3.8) is 0 Å². The van der Waals surface area contributed by atoms with E-state index in [4.69, 9.17) is 10.2 Å². The zero-order valence-corrected chi connectivity index (χ0v) is 5.78. The molecule has 0 radical (unpaired) electrons. The van der Waals surface area contributed by atoms with Gasteiger partial charge < -0.3 is 10.2 Å². The Morgan fingerprint density at radius 2 is 2.00 bits per heavy atom. The average molecular weight is 150 g/mol. The topological polar surface area (TPSA) is 40.5 Å². The van der Waals surface area contributed by atoms with E-state index >= 15 is 0 Å². The molecule has 0 unspecified atom stereocenters. The van der Waals surface area contributed by atoms with Crippen LogP contribution in [0.2, 0.25) is 0 Å². The molecule has 0 heterocycles. The zero-order valence-electron chi connectivity index (χ0n) is 4.00. The summed E-state index contributed by atoms with van der Waals surface area (Å²) in [6.45, 7) is -0.288. The van der Waals surface area contributed by atoms with E-state index < -0.39 is 4.27 Å². The maximum absolute atomic E-state index is 8.59.